The Morgan fingerprint density at radius 1 is 1.00 bits per heavy atom. The molecule has 1 saturated carbocycles. The van der Waals surface area contributed by atoms with Gasteiger partial charge in [-0.3, -0.25) is 4.98 Å². The zero-order valence-electron chi connectivity index (χ0n) is 18.6. The molecule has 2 aromatic heterocycles. The average molecular weight is 417 g/mol. The zero-order chi connectivity index (χ0) is 20.9. The quantitative estimate of drug-likeness (QED) is 0.541. The fourth-order valence-corrected chi connectivity index (χ4v) is 5.71. The Labute approximate surface area is 186 Å². The van der Waals surface area contributed by atoms with Crippen molar-refractivity contribution in [2.24, 2.45) is 0 Å². The van der Waals surface area contributed by atoms with Crippen molar-refractivity contribution in [2.45, 2.75) is 69.4 Å². The number of aromatic nitrogens is 2. The molecule has 5 rings (SSSR count). The summed E-state index contributed by atoms with van der Waals surface area (Å²) in [6, 6.07) is 14.7. The lowest BCUT2D eigenvalue weighted by atomic mass is 9.89. The number of nitrogens with one attached hydrogen (secondary N) is 2. The molecule has 0 amide bonds. The first-order chi connectivity index (χ1) is 15.4. The van der Waals surface area contributed by atoms with Gasteiger partial charge in [-0.1, -0.05) is 43.5 Å². The normalized spacial score (nSPS) is 19.6. The van der Waals surface area contributed by atoms with E-state index in [9.17, 15) is 0 Å². The zero-order valence-corrected chi connectivity index (χ0v) is 18.6. The lowest BCUT2D eigenvalue weighted by Crippen LogP contribution is -2.40. The second kappa shape index (κ2) is 9.97. The van der Waals surface area contributed by atoms with E-state index in [-0.39, 0.29) is 0 Å². The van der Waals surface area contributed by atoms with Crippen molar-refractivity contribution in [1.82, 2.24) is 20.2 Å². The Hall–Kier alpha value is -2.17. The topological polar surface area (TPSA) is 41.9 Å². The molecule has 164 valence electrons. The monoisotopic (exact) mass is 416 g/mol. The van der Waals surface area contributed by atoms with E-state index in [1.54, 1.807) is 0 Å². The maximum atomic E-state index is 4.47. The van der Waals surface area contributed by atoms with Crippen molar-refractivity contribution in [2.75, 3.05) is 19.6 Å². The highest BCUT2D eigenvalue weighted by Crippen LogP contribution is 2.38. The third-order valence-electron chi connectivity index (χ3n) is 7.41. The van der Waals surface area contributed by atoms with Crippen LogP contribution in [0.4, 0.5) is 0 Å². The fraction of sp³-hybridized carbons (Fsp3) is 0.519. The van der Waals surface area contributed by atoms with Crippen LogP contribution < -0.4 is 10.6 Å². The maximum Gasteiger partial charge on any atom is 0.0485 e. The summed E-state index contributed by atoms with van der Waals surface area (Å²) >= 11 is 0. The van der Waals surface area contributed by atoms with Crippen LogP contribution in [0.2, 0.25) is 0 Å². The number of piperidine rings is 1. The number of para-hydroxylation sites is 1. The first-order valence-corrected chi connectivity index (χ1v) is 12.3. The molecule has 2 N–H and O–H groups in total. The van der Waals surface area contributed by atoms with Gasteiger partial charge in [0.25, 0.3) is 0 Å². The number of nitrogens with zero attached hydrogens (tertiary/aromatic N) is 2. The highest BCUT2D eigenvalue weighted by Gasteiger charge is 2.24. The van der Waals surface area contributed by atoms with Gasteiger partial charge < -0.3 is 15.2 Å². The highest BCUT2D eigenvalue weighted by molar-refractivity contribution is 5.85. The smallest absolute Gasteiger partial charge is 0.0485 e. The van der Waals surface area contributed by atoms with Crippen molar-refractivity contribution >= 4 is 10.9 Å². The molecule has 31 heavy (non-hydrogen) atoms. The molecule has 0 bridgehead atoms. The molecule has 1 aliphatic carbocycles. The fourth-order valence-electron chi connectivity index (χ4n) is 5.71. The Morgan fingerprint density at radius 2 is 1.84 bits per heavy atom. The van der Waals surface area contributed by atoms with Crippen LogP contribution in [0.25, 0.3) is 10.9 Å². The molecule has 0 spiro atoms. The molecule has 4 nitrogen and oxygen atoms in total. The first kappa shape index (κ1) is 20.7. The summed E-state index contributed by atoms with van der Waals surface area (Å²) in [7, 11) is 0. The van der Waals surface area contributed by atoms with Crippen molar-refractivity contribution in [3.63, 3.8) is 0 Å². The van der Waals surface area contributed by atoms with Gasteiger partial charge in [0.15, 0.2) is 0 Å². The van der Waals surface area contributed by atoms with Gasteiger partial charge >= 0.3 is 0 Å². The van der Waals surface area contributed by atoms with Gasteiger partial charge in [-0.2, -0.15) is 0 Å². The van der Waals surface area contributed by atoms with E-state index in [0.717, 1.165) is 26.1 Å². The van der Waals surface area contributed by atoms with Crippen LogP contribution in [-0.4, -0.2) is 35.2 Å². The van der Waals surface area contributed by atoms with Crippen LogP contribution in [0.1, 0.15) is 74.5 Å². The third-order valence-corrected chi connectivity index (χ3v) is 7.41. The molecule has 3 aromatic rings. The standard InChI is InChI=1S/C27H36N4/c1-2-8-23(9-3-1)31-20-26(25-10-4-5-11-27(25)31)24(21-7-6-15-29-19-21)14-18-30-22-12-16-28-17-13-22/h4-7,10-11,15,19-20,22-24,28,30H,1-3,8-9,12-14,16-18H2. The van der Waals surface area contributed by atoms with Crippen LogP contribution in [0.5, 0.6) is 0 Å². The van der Waals surface area contributed by atoms with Gasteiger partial charge in [0, 0.05) is 47.5 Å². The van der Waals surface area contributed by atoms with E-state index in [4.69, 9.17) is 0 Å². The van der Waals surface area contributed by atoms with Crippen LogP contribution in [0, 0.1) is 0 Å². The van der Waals surface area contributed by atoms with Crippen LogP contribution in [0.3, 0.4) is 0 Å². The Bertz CT molecular complexity index is 952. The van der Waals surface area contributed by atoms with Crippen LogP contribution >= 0.6 is 0 Å². The van der Waals surface area contributed by atoms with Crippen molar-refractivity contribution in [3.05, 3.63) is 66.1 Å². The number of rotatable bonds is 7. The van der Waals surface area contributed by atoms with Crippen LogP contribution in [0.15, 0.2) is 55.0 Å². The molecule has 4 heteroatoms. The second-order valence-corrected chi connectivity index (χ2v) is 9.41. The van der Waals surface area contributed by atoms with Gasteiger partial charge in [-0.05, 0) is 75.0 Å². The summed E-state index contributed by atoms with van der Waals surface area (Å²) in [5, 5.41) is 8.73. The molecule has 1 atom stereocenters. The number of hydrogen-bond donors (Lipinski definition) is 2. The Kier molecular flexibility index (Phi) is 6.66. The predicted octanol–water partition coefficient (Wildman–Crippen LogP) is 5.41. The van der Waals surface area contributed by atoms with Crippen molar-refractivity contribution < 1.29 is 0 Å². The summed E-state index contributed by atoms with van der Waals surface area (Å²) in [5.41, 5.74) is 4.21. The SMILES string of the molecule is c1cncc(C(CCNC2CCNCC2)c2cn(C3CCCCC3)c3ccccc23)c1. The van der Waals surface area contributed by atoms with E-state index in [1.165, 1.54) is 67.0 Å². The third kappa shape index (κ3) is 4.70. The van der Waals surface area contributed by atoms with Gasteiger partial charge in [0.1, 0.15) is 0 Å². The Balaban J connectivity index is 1.45. The molecule has 3 heterocycles. The lowest BCUT2D eigenvalue weighted by molar-refractivity contribution is 0.360. The second-order valence-electron chi connectivity index (χ2n) is 9.41. The van der Waals surface area contributed by atoms with Crippen LogP contribution in [-0.2, 0) is 0 Å². The molecular formula is C27H36N4. The number of fused-ring (bicyclic) bond motifs is 1. The number of hydrogen-bond acceptors (Lipinski definition) is 3. The lowest BCUT2D eigenvalue weighted by Gasteiger charge is -2.25. The molecule has 1 saturated heterocycles. The van der Waals surface area contributed by atoms with E-state index in [0.29, 0.717) is 18.0 Å². The molecular weight excluding hydrogens is 380 g/mol. The van der Waals surface area contributed by atoms with Crippen molar-refractivity contribution in [1.29, 1.82) is 0 Å². The first-order valence-electron chi connectivity index (χ1n) is 12.3. The molecule has 1 unspecified atom stereocenters. The minimum absolute atomic E-state index is 0.373. The van der Waals surface area contributed by atoms with Gasteiger partial charge in [0.2, 0.25) is 0 Å². The van der Waals surface area contributed by atoms with Gasteiger partial charge in [0.05, 0.1) is 0 Å². The number of benzene rings is 1. The van der Waals surface area contributed by atoms with E-state index >= 15 is 0 Å². The largest absolute Gasteiger partial charge is 0.344 e. The van der Waals surface area contributed by atoms with Crippen molar-refractivity contribution in [3.8, 4) is 0 Å². The summed E-state index contributed by atoms with van der Waals surface area (Å²) in [6.07, 6.45) is 16.8. The van der Waals surface area contributed by atoms with E-state index in [2.05, 4.69) is 69.0 Å². The molecule has 2 aliphatic rings. The Morgan fingerprint density at radius 3 is 2.65 bits per heavy atom. The summed E-state index contributed by atoms with van der Waals surface area (Å²) in [6.45, 7) is 3.32. The molecule has 1 aromatic carbocycles. The van der Waals surface area contributed by atoms with Gasteiger partial charge in [-0.15, -0.1) is 0 Å². The minimum Gasteiger partial charge on any atom is -0.344 e. The van der Waals surface area contributed by atoms with Gasteiger partial charge in [-0.25, -0.2) is 0 Å². The summed E-state index contributed by atoms with van der Waals surface area (Å²) in [5.74, 6) is 0.373. The molecule has 1 aliphatic heterocycles. The maximum absolute atomic E-state index is 4.47. The average Bonchev–Trinajstić information content (AvgIpc) is 3.23. The van der Waals surface area contributed by atoms with E-state index in [1.807, 2.05) is 6.20 Å². The highest BCUT2D eigenvalue weighted by atomic mass is 15.0. The molecule has 2 fully saturated rings. The predicted molar refractivity (Wildman–Crippen MR) is 129 cm³/mol. The molecule has 0 radical (unpaired) electrons. The number of pyridine rings is 1. The summed E-state index contributed by atoms with van der Waals surface area (Å²) in [4.78, 5) is 4.47. The summed E-state index contributed by atoms with van der Waals surface area (Å²) < 4.78 is 2.60. The minimum atomic E-state index is 0.373. The van der Waals surface area contributed by atoms with E-state index < -0.39 is 0 Å².